The van der Waals surface area contributed by atoms with E-state index in [1.807, 2.05) is 19.2 Å². The molecule has 2 N–H and O–H groups in total. The van der Waals surface area contributed by atoms with Crippen molar-refractivity contribution in [3.63, 3.8) is 0 Å². The maximum atomic E-state index is 5.62. The number of benzene rings is 1. The molecule has 0 saturated carbocycles. The van der Waals surface area contributed by atoms with Crippen molar-refractivity contribution >= 4 is 10.9 Å². The summed E-state index contributed by atoms with van der Waals surface area (Å²) >= 11 is 0. The van der Waals surface area contributed by atoms with Crippen LogP contribution in [0.1, 0.15) is 5.56 Å². The fourth-order valence-corrected chi connectivity index (χ4v) is 1.59. The highest BCUT2D eigenvalue weighted by Crippen LogP contribution is 2.19. The lowest BCUT2D eigenvalue weighted by Crippen LogP contribution is -1.94. The third kappa shape index (κ3) is 0.924. The number of para-hydroxylation sites is 1. The molecule has 2 heteroatoms. The van der Waals surface area contributed by atoms with Crippen LogP contribution in [-0.4, -0.2) is 4.57 Å². The van der Waals surface area contributed by atoms with Crippen LogP contribution in [0.4, 0.5) is 0 Å². The zero-order valence-corrected chi connectivity index (χ0v) is 7.12. The van der Waals surface area contributed by atoms with E-state index in [2.05, 4.69) is 22.9 Å². The number of aryl methyl sites for hydroxylation is 1. The monoisotopic (exact) mass is 160 g/mol. The Morgan fingerprint density at radius 1 is 1.33 bits per heavy atom. The SMILES string of the molecule is Cn1cc(CN)c2ccccc21. The fraction of sp³-hybridized carbons (Fsp3) is 0.200. The van der Waals surface area contributed by atoms with Crippen LogP contribution >= 0.6 is 0 Å². The molecule has 1 aromatic heterocycles. The number of fused-ring (bicyclic) bond motifs is 1. The molecular formula is C10H12N2. The third-order valence-electron chi connectivity index (χ3n) is 2.20. The molecule has 0 fully saturated rings. The van der Waals surface area contributed by atoms with Crippen LogP contribution in [0.5, 0.6) is 0 Å². The van der Waals surface area contributed by atoms with Gasteiger partial charge >= 0.3 is 0 Å². The molecule has 0 radical (unpaired) electrons. The van der Waals surface area contributed by atoms with Gasteiger partial charge in [0, 0.05) is 30.7 Å². The largest absolute Gasteiger partial charge is 0.350 e. The van der Waals surface area contributed by atoms with Gasteiger partial charge in [0.15, 0.2) is 0 Å². The van der Waals surface area contributed by atoms with E-state index >= 15 is 0 Å². The van der Waals surface area contributed by atoms with Crippen LogP contribution in [0.25, 0.3) is 10.9 Å². The number of nitrogens with two attached hydrogens (primary N) is 1. The molecular weight excluding hydrogens is 148 g/mol. The summed E-state index contributed by atoms with van der Waals surface area (Å²) in [6.07, 6.45) is 2.09. The molecule has 0 spiro atoms. The molecule has 0 aliphatic heterocycles. The van der Waals surface area contributed by atoms with Crippen LogP contribution in [0.15, 0.2) is 30.5 Å². The smallest absolute Gasteiger partial charge is 0.0481 e. The first kappa shape index (κ1) is 7.37. The molecule has 0 aliphatic carbocycles. The van der Waals surface area contributed by atoms with Gasteiger partial charge in [-0.3, -0.25) is 0 Å². The molecule has 0 bridgehead atoms. The molecule has 0 amide bonds. The zero-order chi connectivity index (χ0) is 8.55. The van der Waals surface area contributed by atoms with Crippen molar-refractivity contribution in [3.05, 3.63) is 36.0 Å². The summed E-state index contributed by atoms with van der Waals surface area (Å²) in [5, 5.41) is 1.27. The average Bonchev–Trinajstić information content (AvgIpc) is 2.44. The van der Waals surface area contributed by atoms with Crippen molar-refractivity contribution in [1.82, 2.24) is 4.57 Å². The van der Waals surface area contributed by atoms with Crippen molar-refractivity contribution in [3.8, 4) is 0 Å². The third-order valence-corrected chi connectivity index (χ3v) is 2.20. The van der Waals surface area contributed by atoms with E-state index in [1.54, 1.807) is 0 Å². The summed E-state index contributed by atoms with van der Waals surface area (Å²) in [5.41, 5.74) is 8.08. The molecule has 2 rings (SSSR count). The van der Waals surface area contributed by atoms with E-state index in [9.17, 15) is 0 Å². The topological polar surface area (TPSA) is 30.9 Å². The highest BCUT2D eigenvalue weighted by atomic mass is 14.9. The molecule has 0 atom stereocenters. The number of hydrogen-bond donors (Lipinski definition) is 1. The second-order valence-corrected chi connectivity index (χ2v) is 2.99. The number of aromatic nitrogens is 1. The van der Waals surface area contributed by atoms with E-state index in [0.717, 1.165) is 0 Å². The van der Waals surface area contributed by atoms with E-state index in [-0.39, 0.29) is 0 Å². The Hall–Kier alpha value is -1.28. The van der Waals surface area contributed by atoms with Gasteiger partial charge in [0.1, 0.15) is 0 Å². The number of rotatable bonds is 1. The minimum atomic E-state index is 0.612. The second kappa shape index (κ2) is 2.64. The summed E-state index contributed by atoms with van der Waals surface area (Å²) in [4.78, 5) is 0. The van der Waals surface area contributed by atoms with Gasteiger partial charge in [-0.25, -0.2) is 0 Å². The first-order valence-corrected chi connectivity index (χ1v) is 4.06. The van der Waals surface area contributed by atoms with E-state index in [4.69, 9.17) is 5.73 Å². The van der Waals surface area contributed by atoms with E-state index in [0.29, 0.717) is 6.54 Å². The van der Waals surface area contributed by atoms with Gasteiger partial charge in [0.2, 0.25) is 0 Å². The summed E-state index contributed by atoms with van der Waals surface area (Å²) < 4.78 is 2.11. The Balaban J connectivity index is 2.82. The van der Waals surface area contributed by atoms with Crippen LogP contribution < -0.4 is 5.73 Å². The predicted octanol–water partition coefficient (Wildman–Crippen LogP) is 1.64. The van der Waals surface area contributed by atoms with Crippen molar-refractivity contribution in [2.24, 2.45) is 12.8 Å². The van der Waals surface area contributed by atoms with Gasteiger partial charge in [0.05, 0.1) is 0 Å². The molecule has 0 saturated heterocycles. The number of nitrogens with zero attached hydrogens (tertiary/aromatic N) is 1. The highest BCUT2D eigenvalue weighted by molar-refractivity contribution is 5.83. The maximum absolute atomic E-state index is 5.62. The molecule has 2 aromatic rings. The Morgan fingerprint density at radius 3 is 2.83 bits per heavy atom. The highest BCUT2D eigenvalue weighted by Gasteiger charge is 2.02. The van der Waals surface area contributed by atoms with Gasteiger partial charge in [-0.1, -0.05) is 18.2 Å². The lowest BCUT2D eigenvalue weighted by Gasteiger charge is -1.93. The van der Waals surface area contributed by atoms with Gasteiger partial charge in [0.25, 0.3) is 0 Å². The van der Waals surface area contributed by atoms with Crippen LogP contribution in [0.2, 0.25) is 0 Å². The van der Waals surface area contributed by atoms with Crippen molar-refractivity contribution < 1.29 is 0 Å². The van der Waals surface area contributed by atoms with Gasteiger partial charge < -0.3 is 10.3 Å². The van der Waals surface area contributed by atoms with Gasteiger partial charge in [-0.15, -0.1) is 0 Å². The Labute approximate surface area is 71.6 Å². The normalized spacial score (nSPS) is 10.8. The average molecular weight is 160 g/mol. The summed E-state index contributed by atoms with van der Waals surface area (Å²) in [7, 11) is 2.04. The van der Waals surface area contributed by atoms with Crippen molar-refractivity contribution in [1.29, 1.82) is 0 Å². The number of hydrogen-bond acceptors (Lipinski definition) is 1. The molecule has 1 aromatic carbocycles. The van der Waals surface area contributed by atoms with E-state index in [1.165, 1.54) is 16.5 Å². The lowest BCUT2D eigenvalue weighted by atomic mass is 10.2. The maximum Gasteiger partial charge on any atom is 0.0481 e. The Bertz CT molecular complexity index is 401. The second-order valence-electron chi connectivity index (χ2n) is 2.99. The summed E-state index contributed by atoms with van der Waals surface area (Å²) in [5.74, 6) is 0. The molecule has 1 heterocycles. The van der Waals surface area contributed by atoms with Gasteiger partial charge in [-0.05, 0) is 11.6 Å². The van der Waals surface area contributed by atoms with Crippen molar-refractivity contribution in [2.75, 3.05) is 0 Å². The lowest BCUT2D eigenvalue weighted by molar-refractivity contribution is 0.949. The van der Waals surface area contributed by atoms with Crippen molar-refractivity contribution in [2.45, 2.75) is 6.54 Å². The fourth-order valence-electron chi connectivity index (χ4n) is 1.59. The molecule has 0 aliphatic rings. The van der Waals surface area contributed by atoms with E-state index < -0.39 is 0 Å². The zero-order valence-electron chi connectivity index (χ0n) is 7.12. The molecule has 2 nitrogen and oxygen atoms in total. The van der Waals surface area contributed by atoms with Crippen LogP contribution in [0, 0.1) is 0 Å². The molecule has 0 unspecified atom stereocenters. The van der Waals surface area contributed by atoms with Crippen LogP contribution in [0.3, 0.4) is 0 Å². The minimum Gasteiger partial charge on any atom is -0.350 e. The Kier molecular flexibility index (Phi) is 1.62. The predicted molar refractivity (Wildman–Crippen MR) is 50.8 cm³/mol. The summed E-state index contributed by atoms with van der Waals surface area (Å²) in [6.45, 7) is 0.612. The molecule has 62 valence electrons. The summed E-state index contributed by atoms with van der Waals surface area (Å²) in [6, 6.07) is 8.30. The van der Waals surface area contributed by atoms with Crippen LogP contribution in [-0.2, 0) is 13.6 Å². The molecule has 12 heavy (non-hydrogen) atoms. The van der Waals surface area contributed by atoms with Gasteiger partial charge in [-0.2, -0.15) is 0 Å². The first-order valence-electron chi connectivity index (χ1n) is 4.06. The Morgan fingerprint density at radius 2 is 2.08 bits per heavy atom. The standard InChI is InChI=1S/C10H12N2/c1-12-7-8(6-11)9-4-2-3-5-10(9)12/h2-5,7H,6,11H2,1H3. The minimum absolute atomic E-state index is 0.612. The quantitative estimate of drug-likeness (QED) is 0.675. The first-order chi connectivity index (χ1) is 5.83.